The first-order chi connectivity index (χ1) is 22.4. The molecule has 0 rings (SSSR count). The van der Waals surface area contributed by atoms with Crippen molar-refractivity contribution < 1.29 is 24.2 Å². The van der Waals surface area contributed by atoms with E-state index in [1.807, 2.05) is 0 Å². The molecule has 0 aromatic heterocycles. The van der Waals surface area contributed by atoms with Gasteiger partial charge in [0.15, 0.2) is 0 Å². The number of nitrogens with two attached hydrogens (primary N) is 1. The Kier molecular flexibility index (Phi) is 31.3. The number of aliphatic carboxylic acids is 1. The molecule has 0 saturated carbocycles. The summed E-state index contributed by atoms with van der Waals surface area (Å²) in [4.78, 5) is 36.1. The molecule has 0 fully saturated rings. The molecule has 7 nitrogen and oxygen atoms in total. The molecular formula is C39H66N2O5. The van der Waals surface area contributed by atoms with Crippen LogP contribution in [0.3, 0.4) is 0 Å². The van der Waals surface area contributed by atoms with Crippen molar-refractivity contribution in [3.05, 3.63) is 60.8 Å². The molecule has 0 aromatic rings. The molecule has 4 N–H and O–H groups in total. The van der Waals surface area contributed by atoms with Crippen LogP contribution in [0.5, 0.6) is 0 Å². The van der Waals surface area contributed by atoms with Crippen molar-refractivity contribution in [2.45, 2.75) is 161 Å². The molecule has 2 atom stereocenters. The lowest BCUT2D eigenvalue weighted by Crippen LogP contribution is -2.40. The van der Waals surface area contributed by atoms with Crippen LogP contribution < -0.4 is 11.1 Å². The fourth-order valence-electron chi connectivity index (χ4n) is 4.82. The molecular weight excluding hydrogens is 576 g/mol. The topological polar surface area (TPSA) is 119 Å². The smallest absolute Gasteiger partial charge is 0.326 e. The SMILES string of the molecule is CC/C=C\C/C=C\C/C=C\C/C=C\CCCCC(=O)OC(/C=C\CCCCCC)CCCCCCC(=O)NC(CCCN)C(=O)O. The number of ether oxygens (including phenoxy) is 1. The molecule has 262 valence electrons. The highest BCUT2D eigenvalue weighted by atomic mass is 16.5. The quantitative estimate of drug-likeness (QED) is 0.0394. The summed E-state index contributed by atoms with van der Waals surface area (Å²) in [7, 11) is 0. The van der Waals surface area contributed by atoms with Crippen LogP contribution >= 0.6 is 0 Å². The predicted molar refractivity (Wildman–Crippen MR) is 193 cm³/mol. The maximum absolute atomic E-state index is 12.6. The largest absolute Gasteiger partial charge is 0.480 e. The lowest BCUT2D eigenvalue weighted by molar-refractivity contribution is -0.147. The van der Waals surface area contributed by atoms with Crippen molar-refractivity contribution in [2.24, 2.45) is 5.73 Å². The molecule has 0 aliphatic heterocycles. The highest BCUT2D eigenvalue weighted by molar-refractivity contribution is 5.83. The third-order valence-electron chi connectivity index (χ3n) is 7.55. The van der Waals surface area contributed by atoms with Crippen molar-refractivity contribution >= 4 is 17.8 Å². The number of esters is 1. The van der Waals surface area contributed by atoms with Gasteiger partial charge in [-0.05, 0) is 103 Å². The van der Waals surface area contributed by atoms with E-state index in [1.165, 1.54) is 19.3 Å². The fourth-order valence-corrected chi connectivity index (χ4v) is 4.82. The van der Waals surface area contributed by atoms with Gasteiger partial charge in [0.1, 0.15) is 12.1 Å². The minimum atomic E-state index is -1.02. The molecule has 1 amide bonds. The van der Waals surface area contributed by atoms with Gasteiger partial charge in [-0.2, -0.15) is 0 Å². The van der Waals surface area contributed by atoms with Crippen molar-refractivity contribution in [1.82, 2.24) is 5.32 Å². The Labute approximate surface area is 280 Å². The zero-order valence-corrected chi connectivity index (χ0v) is 29.1. The van der Waals surface area contributed by atoms with Crippen molar-refractivity contribution in [3.63, 3.8) is 0 Å². The third kappa shape index (κ3) is 29.8. The Hall–Kier alpha value is -2.93. The van der Waals surface area contributed by atoms with Gasteiger partial charge in [-0.15, -0.1) is 0 Å². The number of amides is 1. The number of carbonyl (C=O) groups excluding carboxylic acids is 2. The zero-order valence-electron chi connectivity index (χ0n) is 29.1. The summed E-state index contributed by atoms with van der Waals surface area (Å²) in [5, 5.41) is 11.9. The number of carbonyl (C=O) groups is 3. The molecule has 0 radical (unpaired) electrons. The van der Waals surface area contributed by atoms with E-state index in [0.29, 0.717) is 38.6 Å². The number of rotatable bonds is 31. The Bertz CT molecular complexity index is 906. The number of carboxylic acids is 1. The number of allylic oxidation sites excluding steroid dienone is 9. The molecule has 46 heavy (non-hydrogen) atoms. The summed E-state index contributed by atoms with van der Waals surface area (Å²) in [5.41, 5.74) is 5.46. The van der Waals surface area contributed by atoms with Gasteiger partial charge in [-0.25, -0.2) is 4.79 Å². The molecule has 2 unspecified atom stereocenters. The van der Waals surface area contributed by atoms with Crippen LogP contribution in [-0.2, 0) is 19.1 Å². The minimum Gasteiger partial charge on any atom is -0.480 e. The number of hydrogen-bond donors (Lipinski definition) is 3. The maximum atomic E-state index is 12.6. The molecule has 0 bridgehead atoms. The van der Waals surface area contributed by atoms with Crippen LogP contribution in [0, 0.1) is 0 Å². The van der Waals surface area contributed by atoms with Gasteiger partial charge in [0.05, 0.1) is 0 Å². The summed E-state index contributed by atoms with van der Waals surface area (Å²) in [6, 6.07) is -0.875. The Morgan fingerprint density at radius 3 is 1.91 bits per heavy atom. The summed E-state index contributed by atoms with van der Waals surface area (Å²) >= 11 is 0. The average Bonchev–Trinajstić information content (AvgIpc) is 3.04. The highest BCUT2D eigenvalue weighted by Gasteiger charge is 2.18. The molecule has 0 aliphatic carbocycles. The second-order valence-electron chi connectivity index (χ2n) is 11.9. The first kappa shape index (κ1) is 43.1. The maximum Gasteiger partial charge on any atom is 0.326 e. The van der Waals surface area contributed by atoms with Crippen LogP contribution in [0.1, 0.15) is 149 Å². The number of carboxylic acid groups (broad SMARTS) is 1. The first-order valence-corrected chi connectivity index (χ1v) is 18.1. The van der Waals surface area contributed by atoms with E-state index in [2.05, 4.69) is 79.9 Å². The number of unbranched alkanes of at least 4 members (excludes halogenated alkanes) is 9. The van der Waals surface area contributed by atoms with E-state index in [1.54, 1.807) is 0 Å². The lowest BCUT2D eigenvalue weighted by Gasteiger charge is -2.15. The van der Waals surface area contributed by atoms with Crippen molar-refractivity contribution in [1.29, 1.82) is 0 Å². The average molecular weight is 643 g/mol. The van der Waals surface area contributed by atoms with Gasteiger partial charge in [0.25, 0.3) is 0 Å². The molecule has 0 heterocycles. The van der Waals surface area contributed by atoms with Crippen LogP contribution in [-0.4, -0.2) is 41.6 Å². The van der Waals surface area contributed by atoms with Crippen LogP contribution in [0.2, 0.25) is 0 Å². The Balaban J connectivity index is 4.34. The van der Waals surface area contributed by atoms with E-state index in [4.69, 9.17) is 10.5 Å². The monoisotopic (exact) mass is 642 g/mol. The summed E-state index contributed by atoms with van der Waals surface area (Å²) in [6.07, 6.45) is 39.9. The molecule has 0 saturated heterocycles. The number of nitrogens with one attached hydrogen (secondary N) is 1. The van der Waals surface area contributed by atoms with E-state index >= 15 is 0 Å². The van der Waals surface area contributed by atoms with E-state index in [9.17, 15) is 19.5 Å². The molecule has 7 heteroatoms. The molecule has 0 aliphatic rings. The van der Waals surface area contributed by atoms with Crippen molar-refractivity contribution in [2.75, 3.05) is 6.54 Å². The van der Waals surface area contributed by atoms with Gasteiger partial charge in [0.2, 0.25) is 5.91 Å². The first-order valence-electron chi connectivity index (χ1n) is 18.1. The second kappa shape index (κ2) is 33.4. The second-order valence-corrected chi connectivity index (χ2v) is 11.9. The predicted octanol–water partition coefficient (Wildman–Crippen LogP) is 9.44. The van der Waals surface area contributed by atoms with Gasteiger partial charge in [0, 0.05) is 12.8 Å². The standard InChI is InChI=1S/C39H66N2O5/c1-3-5-7-9-11-12-13-14-15-16-17-18-19-21-27-33-38(43)46-35(29-24-20-10-8-6-4-2)30-25-22-23-26-32-37(42)41-36(39(44)45)31-28-34-40/h5,7,11-12,14-15,17-18,24,29,35-36H,3-4,6,8-10,13,16,19-23,25-28,30-34,40H2,1-2H3,(H,41,42)(H,44,45)/b7-5-,12-11-,15-14-,18-17-,29-24-. The zero-order chi connectivity index (χ0) is 33.9. The minimum absolute atomic E-state index is 0.134. The Morgan fingerprint density at radius 2 is 1.26 bits per heavy atom. The van der Waals surface area contributed by atoms with E-state index in [0.717, 1.165) is 83.5 Å². The third-order valence-corrected chi connectivity index (χ3v) is 7.55. The highest BCUT2D eigenvalue weighted by Crippen LogP contribution is 2.14. The number of hydrogen-bond acceptors (Lipinski definition) is 5. The van der Waals surface area contributed by atoms with Crippen LogP contribution in [0.15, 0.2) is 60.8 Å². The lowest BCUT2D eigenvalue weighted by atomic mass is 10.1. The summed E-state index contributed by atoms with van der Waals surface area (Å²) in [6.45, 7) is 4.75. The summed E-state index contributed by atoms with van der Waals surface area (Å²) in [5.74, 6) is -1.39. The van der Waals surface area contributed by atoms with Gasteiger partial charge < -0.3 is 20.9 Å². The van der Waals surface area contributed by atoms with E-state index in [-0.39, 0.29) is 18.0 Å². The fraction of sp³-hybridized carbons (Fsp3) is 0.667. The van der Waals surface area contributed by atoms with E-state index < -0.39 is 12.0 Å². The Morgan fingerprint density at radius 1 is 0.674 bits per heavy atom. The molecule has 0 spiro atoms. The van der Waals surface area contributed by atoms with Gasteiger partial charge >= 0.3 is 11.9 Å². The normalized spacial score (nSPS) is 13.5. The van der Waals surface area contributed by atoms with Crippen molar-refractivity contribution in [3.8, 4) is 0 Å². The van der Waals surface area contributed by atoms with Crippen LogP contribution in [0.4, 0.5) is 0 Å². The van der Waals surface area contributed by atoms with Gasteiger partial charge in [-0.1, -0.05) is 101 Å². The van der Waals surface area contributed by atoms with Crippen LogP contribution in [0.25, 0.3) is 0 Å². The van der Waals surface area contributed by atoms with Gasteiger partial charge in [-0.3, -0.25) is 9.59 Å². The summed E-state index contributed by atoms with van der Waals surface area (Å²) < 4.78 is 5.85. The molecule has 0 aromatic carbocycles.